The first-order valence-corrected chi connectivity index (χ1v) is 9.37. The zero-order chi connectivity index (χ0) is 18.2. The summed E-state index contributed by atoms with van der Waals surface area (Å²) >= 11 is 0. The molecular formula is C18H29IN8. The number of aromatic nitrogens is 4. The van der Waals surface area contributed by atoms with E-state index in [1.807, 2.05) is 18.3 Å². The molecule has 3 rings (SSSR count). The Bertz CT molecular complexity index is 694. The number of aryl methyl sites for hydroxylation is 1. The lowest BCUT2D eigenvalue weighted by atomic mass is 10.3. The SMILES string of the molecule is CCNC(=NCCn1cnnc1CC)N1CCN(c2ccccn2)CC1.I. The lowest BCUT2D eigenvalue weighted by Crippen LogP contribution is -2.52. The van der Waals surface area contributed by atoms with Gasteiger partial charge in [-0.1, -0.05) is 13.0 Å². The van der Waals surface area contributed by atoms with Crippen molar-refractivity contribution in [2.45, 2.75) is 26.8 Å². The van der Waals surface area contributed by atoms with Gasteiger partial charge in [0, 0.05) is 51.9 Å². The zero-order valence-electron chi connectivity index (χ0n) is 16.1. The summed E-state index contributed by atoms with van der Waals surface area (Å²) in [6, 6.07) is 6.06. The average molecular weight is 484 g/mol. The van der Waals surface area contributed by atoms with Crippen LogP contribution in [0.25, 0.3) is 0 Å². The fraction of sp³-hybridized carbons (Fsp3) is 0.556. The summed E-state index contributed by atoms with van der Waals surface area (Å²) in [4.78, 5) is 13.9. The van der Waals surface area contributed by atoms with Gasteiger partial charge in [0.05, 0.1) is 6.54 Å². The van der Waals surface area contributed by atoms with Gasteiger partial charge in [-0.15, -0.1) is 34.2 Å². The van der Waals surface area contributed by atoms with Gasteiger partial charge >= 0.3 is 0 Å². The summed E-state index contributed by atoms with van der Waals surface area (Å²) in [5, 5.41) is 11.5. The topological polar surface area (TPSA) is 74.5 Å². The number of nitrogens with zero attached hydrogens (tertiary/aromatic N) is 7. The van der Waals surface area contributed by atoms with Gasteiger partial charge in [0.1, 0.15) is 18.0 Å². The minimum absolute atomic E-state index is 0. The van der Waals surface area contributed by atoms with Crippen molar-refractivity contribution < 1.29 is 0 Å². The Kier molecular flexibility index (Phi) is 8.76. The third-order valence-electron chi connectivity index (χ3n) is 4.50. The lowest BCUT2D eigenvalue weighted by molar-refractivity contribution is 0.371. The van der Waals surface area contributed by atoms with Crippen molar-refractivity contribution >= 4 is 35.8 Å². The van der Waals surface area contributed by atoms with E-state index in [1.165, 1.54) is 0 Å². The van der Waals surface area contributed by atoms with E-state index in [1.54, 1.807) is 6.33 Å². The first kappa shape index (κ1) is 21.4. The van der Waals surface area contributed by atoms with Gasteiger partial charge in [-0.25, -0.2) is 4.98 Å². The largest absolute Gasteiger partial charge is 0.357 e. The van der Waals surface area contributed by atoms with Crippen LogP contribution in [-0.2, 0) is 13.0 Å². The molecule has 2 aromatic heterocycles. The van der Waals surface area contributed by atoms with Crippen molar-refractivity contribution in [2.24, 2.45) is 4.99 Å². The molecule has 148 valence electrons. The summed E-state index contributed by atoms with van der Waals surface area (Å²) in [6.07, 6.45) is 4.52. The Labute approximate surface area is 178 Å². The Morgan fingerprint density at radius 3 is 2.67 bits per heavy atom. The molecular weight excluding hydrogens is 455 g/mol. The quantitative estimate of drug-likeness (QED) is 0.382. The molecule has 0 spiro atoms. The minimum atomic E-state index is 0. The first-order valence-electron chi connectivity index (χ1n) is 9.37. The predicted octanol–water partition coefficient (Wildman–Crippen LogP) is 1.64. The molecule has 0 aromatic carbocycles. The van der Waals surface area contributed by atoms with Crippen LogP contribution in [0.5, 0.6) is 0 Å². The Balaban J connectivity index is 0.00000261. The number of aliphatic imine (C=N–C) groups is 1. The van der Waals surface area contributed by atoms with Gasteiger partial charge in [-0.05, 0) is 19.1 Å². The second-order valence-electron chi connectivity index (χ2n) is 6.19. The number of nitrogens with one attached hydrogen (secondary N) is 1. The van der Waals surface area contributed by atoms with Crippen LogP contribution in [-0.4, -0.2) is 69.9 Å². The number of piperazine rings is 1. The second kappa shape index (κ2) is 11.1. The first-order chi connectivity index (χ1) is 12.8. The van der Waals surface area contributed by atoms with Gasteiger partial charge in [-0.2, -0.15) is 0 Å². The van der Waals surface area contributed by atoms with Crippen molar-refractivity contribution in [3.05, 3.63) is 36.5 Å². The molecule has 9 heteroatoms. The van der Waals surface area contributed by atoms with Gasteiger partial charge in [-0.3, -0.25) is 4.99 Å². The maximum atomic E-state index is 4.81. The maximum Gasteiger partial charge on any atom is 0.194 e. The molecule has 0 saturated carbocycles. The van der Waals surface area contributed by atoms with Crippen LogP contribution >= 0.6 is 24.0 Å². The number of halogens is 1. The molecule has 1 saturated heterocycles. The van der Waals surface area contributed by atoms with Crippen molar-refractivity contribution in [1.82, 2.24) is 30.0 Å². The molecule has 0 aliphatic carbocycles. The van der Waals surface area contributed by atoms with Crippen LogP contribution in [0.2, 0.25) is 0 Å². The Morgan fingerprint density at radius 1 is 1.19 bits per heavy atom. The van der Waals surface area contributed by atoms with Crippen LogP contribution in [0, 0.1) is 0 Å². The van der Waals surface area contributed by atoms with E-state index in [0.29, 0.717) is 6.54 Å². The summed E-state index contributed by atoms with van der Waals surface area (Å²) in [5.74, 6) is 3.04. The molecule has 0 unspecified atom stereocenters. The van der Waals surface area contributed by atoms with E-state index >= 15 is 0 Å². The predicted molar refractivity (Wildman–Crippen MR) is 119 cm³/mol. The highest BCUT2D eigenvalue weighted by Crippen LogP contribution is 2.12. The van der Waals surface area contributed by atoms with Crippen LogP contribution in [0.15, 0.2) is 35.7 Å². The average Bonchev–Trinajstić information content (AvgIpc) is 3.16. The number of guanidine groups is 1. The zero-order valence-corrected chi connectivity index (χ0v) is 18.4. The standard InChI is InChI=1S/C18H28N8.HI/c1-3-16-23-22-15-26(16)10-9-21-18(19-4-2)25-13-11-24(12-14-25)17-7-5-6-8-20-17;/h5-8,15H,3-4,9-14H2,1-2H3,(H,19,21);1H. The number of anilines is 1. The van der Waals surface area contributed by atoms with Gasteiger partial charge in [0.25, 0.3) is 0 Å². The molecule has 0 radical (unpaired) electrons. The number of rotatable bonds is 6. The fourth-order valence-corrected chi connectivity index (χ4v) is 3.12. The van der Waals surface area contributed by atoms with E-state index in [-0.39, 0.29) is 24.0 Å². The highest BCUT2D eigenvalue weighted by molar-refractivity contribution is 14.0. The summed E-state index contributed by atoms with van der Waals surface area (Å²) < 4.78 is 2.08. The molecule has 3 heterocycles. The number of hydrogen-bond acceptors (Lipinski definition) is 5. The smallest absolute Gasteiger partial charge is 0.194 e. The van der Waals surface area contributed by atoms with Crippen LogP contribution in [0.1, 0.15) is 19.7 Å². The highest BCUT2D eigenvalue weighted by Gasteiger charge is 2.20. The van der Waals surface area contributed by atoms with Crippen LogP contribution < -0.4 is 10.2 Å². The highest BCUT2D eigenvalue weighted by atomic mass is 127. The van der Waals surface area contributed by atoms with Crippen molar-refractivity contribution in [3.8, 4) is 0 Å². The minimum Gasteiger partial charge on any atom is -0.357 e. The molecule has 0 atom stereocenters. The molecule has 2 aromatic rings. The third kappa shape index (κ3) is 5.78. The molecule has 1 fully saturated rings. The van der Waals surface area contributed by atoms with Gasteiger partial charge in [0.2, 0.25) is 0 Å². The third-order valence-corrected chi connectivity index (χ3v) is 4.50. The molecule has 0 bridgehead atoms. The Morgan fingerprint density at radius 2 is 2.00 bits per heavy atom. The van der Waals surface area contributed by atoms with E-state index in [9.17, 15) is 0 Å². The van der Waals surface area contributed by atoms with Crippen molar-refractivity contribution in [1.29, 1.82) is 0 Å². The van der Waals surface area contributed by atoms with E-state index in [2.05, 4.69) is 54.8 Å². The van der Waals surface area contributed by atoms with Crippen molar-refractivity contribution in [2.75, 3.05) is 44.2 Å². The fourth-order valence-electron chi connectivity index (χ4n) is 3.12. The molecule has 1 N–H and O–H groups in total. The Hall–Kier alpha value is -1.91. The second-order valence-corrected chi connectivity index (χ2v) is 6.19. The molecule has 27 heavy (non-hydrogen) atoms. The molecule has 1 aliphatic heterocycles. The van der Waals surface area contributed by atoms with Crippen molar-refractivity contribution in [3.63, 3.8) is 0 Å². The summed E-state index contributed by atoms with van der Waals surface area (Å²) in [5.41, 5.74) is 0. The van der Waals surface area contributed by atoms with E-state index in [0.717, 1.165) is 63.3 Å². The van der Waals surface area contributed by atoms with Crippen LogP contribution in [0.4, 0.5) is 5.82 Å². The van der Waals surface area contributed by atoms with E-state index < -0.39 is 0 Å². The lowest BCUT2D eigenvalue weighted by Gasteiger charge is -2.37. The summed E-state index contributed by atoms with van der Waals surface area (Å²) in [6.45, 7) is 10.4. The monoisotopic (exact) mass is 484 g/mol. The molecule has 8 nitrogen and oxygen atoms in total. The normalized spacial score (nSPS) is 14.8. The number of hydrogen-bond donors (Lipinski definition) is 1. The molecule has 1 aliphatic rings. The van der Waals surface area contributed by atoms with Gasteiger partial charge < -0.3 is 19.7 Å². The van der Waals surface area contributed by atoms with Gasteiger partial charge in [0.15, 0.2) is 5.96 Å². The maximum absolute atomic E-state index is 4.81. The number of pyridine rings is 1. The van der Waals surface area contributed by atoms with Crippen LogP contribution in [0.3, 0.4) is 0 Å². The molecule has 0 amide bonds. The summed E-state index contributed by atoms with van der Waals surface area (Å²) in [7, 11) is 0. The van der Waals surface area contributed by atoms with E-state index in [4.69, 9.17) is 4.99 Å².